The molecule has 2 aliphatic carbocycles. The van der Waals surface area contributed by atoms with E-state index in [1.165, 1.54) is 44.9 Å². The van der Waals surface area contributed by atoms with E-state index in [9.17, 15) is 4.79 Å². The van der Waals surface area contributed by atoms with E-state index in [2.05, 4.69) is 16.9 Å². The summed E-state index contributed by atoms with van der Waals surface area (Å²) in [4.78, 5) is 11.8. The lowest BCUT2D eigenvalue weighted by atomic mass is 10.2. The van der Waals surface area contributed by atoms with Gasteiger partial charge in [0.1, 0.15) is 0 Å². The monoisotopic (exact) mass is 256 g/mol. The molecule has 0 heterocycles. The average Bonchev–Trinajstić information content (AvgIpc) is 2.96. The molecule has 2 saturated carbocycles. The zero-order valence-electron chi connectivity index (χ0n) is 10.7. The summed E-state index contributed by atoms with van der Waals surface area (Å²) in [6.45, 7) is 0.498. The Morgan fingerprint density at radius 1 is 1.18 bits per heavy atom. The lowest BCUT2D eigenvalue weighted by molar-refractivity contribution is -0.121. The van der Waals surface area contributed by atoms with Gasteiger partial charge in [-0.2, -0.15) is 11.8 Å². The molecule has 0 aromatic rings. The number of carbonyl (C=O) groups is 1. The van der Waals surface area contributed by atoms with Crippen LogP contribution in [0.5, 0.6) is 0 Å². The quantitative estimate of drug-likeness (QED) is 0.789. The fraction of sp³-hybridized carbons (Fsp3) is 0.923. The number of rotatable bonds is 5. The van der Waals surface area contributed by atoms with E-state index in [-0.39, 0.29) is 5.91 Å². The van der Waals surface area contributed by atoms with Crippen LogP contribution in [0, 0.1) is 0 Å². The summed E-state index contributed by atoms with van der Waals surface area (Å²) in [5.41, 5.74) is 0. The van der Waals surface area contributed by atoms with Gasteiger partial charge in [0.05, 0.1) is 6.54 Å². The predicted molar refractivity (Wildman–Crippen MR) is 73.3 cm³/mol. The van der Waals surface area contributed by atoms with Gasteiger partial charge < -0.3 is 10.6 Å². The van der Waals surface area contributed by atoms with E-state index >= 15 is 0 Å². The topological polar surface area (TPSA) is 41.1 Å². The molecule has 0 aromatic carbocycles. The highest BCUT2D eigenvalue weighted by atomic mass is 32.2. The maximum Gasteiger partial charge on any atom is 0.234 e. The second-order valence-electron chi connectivity index (χ2n) is 5.24. The van der Waals surface area contributed by atoms with Crippen molar-refractivity contribution >= 4 is 17.7 Å². The molecule has 0 aromatic heterocycles. The van der Waals surface area contributed by atoms with Crippen LogP contribution in [0.2, 0.25) is 0 Å². The minimum Gasteiger partial charge on any atom is -0.352 e. The summed E-state index contributed by atoms with van der Waals surface area (Å²) in [6.07, 6.45) is 10.9. The van der Waals surface area contributed by atoms with Crippen LogP contribution in [-0.4, -0.2) is 36.0 Å². The van der Waals surface area contributed by atoms with Gasteiger partial charge in [-0.05, 0) is 31.9 Å². The van der Waals surface area contributed by atoms with Crippen LogP contribution in [0.25, 0.3) is 0 Å². The molecule has 3 nitrogen and oxygen atoms in total. The van der Waals surface area contributed by atoms with Crippen LogP contribution >= 0.6 is 11.8 Å². The van der Waals surface area contributed by atoms with E-state index in [0.29, 0.717) is 23.9 Å². The van der Waals surface area contributed by atoms with Crippen molar-refractivity contribution in [3.05, 3.63) is 0 Å². The Hall–Kier alpha value is -0.220. The fourth-order valence-corrected chi connectivity index (χ4v) is 3.98. The van der Waals surface area contributed by atoms with Gasteiger partial charge in [0.2, 0.25) is 5.91 Å². The highest BCUT2D eigenvalue weighted by molar-refractivity contribution is 7.99. The Labute approximate surface area is 108 Å². The van der Waals surface area contributed by atoms with E-state index in [1.54, 1.807) is 0 Å². The predicted octanol–water partition coefficient (Wildman–Crippen LogP) is 1.92. The van der Waals surface area contributed by atoms with Crippen LogP contribution in [0.3, 0.4) is 0 Å². The van der Waals surface area contributed by atoms with Crippen molar-refractivity contribution in [2.24, 2.45) is 0 Å². The first kappa shape index (κ1) is 13.2. The van der Waals surface area contributed by atoms with Crippen LogP contribution in [-0.2, 0) is 4.79 Å². The van der Waals surface area contributed by atoms with Crippen LogP contribution < -0.4 is 10.6 Å². The number of carbonyl (C=O) groups excluding carboxylic acids is 1. The number of thioether (sulfide) groups is 1. The van der Waals surface area contributed by atoms with Crippen molar-refractivity contribution in [3.63, 3.8) is 0 Å². The lowest BCUT2D eigenvalue weighted by Gasteiger charge is -2.19. The van der Waals surface area contributed by atoms with Crippen molar-refractivity contribution < 1.29 is 4.79 Å². The number of nitrogens with one attached hydrogen (secondary N) is 2. The van der Waals surface area contributed by atoms with Crippen molar-refractivity contribution in [2.75, 3.05) is 12.8 Å². The SMILES string of the molecule is CSC1CCCC1NCC(=O)NC1CCCC1. The zero-order valence-corrected chi connectivity index (χ0v) is 11.5. The van der Waals surface area contributed by atoms with E-state index in [0.717, 1.165) is 0 Å². The first-order valence-corrected chi connectivity index (χ1v) is 8.14. The summed E-state index contributed by atoms with van der Waals surface area (Å²) >= 11 is 1.93. The van der Waals surface area contributed by atoms with Gasteiger partial charge in [-0.1, -0.05) is 19.3 Å². The standard InChI is InChI=1S/C13H24N2OS/c1-17-12-8-4-7-11(12)14-9-13(16)15-10-5-2-3-6-10/h10-12,14H,2-9H2,1H3,(H,15,16). The first-order valence-electron chi connectivity index (χ1n) is 6.85. The lowest BCUT2D eigenvalue weighted by Crippen LogP contribution is -2.44. The van der Waals surface area contributed by atoms with Crippen LogP contribution in [0.4, 0.5) is 0 Å². The second-order valence-corrected chi connectivity index (χ2v) is 6.32. The third kappa shape index (κ3) is 3.88. The molecule has 1 amide bonds. The Balaban J connectivity index is 1.65. The second kappa shape index (κ2) is 6.64. The molecule has 0 radical (unpaired) electrons. The van der Waals surface area contributed by atoms with Gasteiger partial charge in [-0.3, -0.25) is 4.79 Å². The Morgan fingerprint density at radius 3 is 2.65 bits per heavy atom. The maximum atomic E-state index is 11.8. The summed E-state index contributed by atoms with van der Waals surface area (Å²) < 4.78 is 0. The van der Waals surface area contributed by atoms with Gasteiger partial charge in [0.15, 0.2) is 0 Å². The highest BCUT2D eigenvalue weighted by Gasteiger charge is 2.26. The molecule has 2 N–H and O–H groups in total. The maximum absolute atomic E-state index is 11.8. The Morgan fingerprint density at radius 2 is 1.94 bits per heavy atom. The van der Waals surface area contributed by atoms with Crippen molar-refractivity contribution in [3.8, 4) is 0 Å². The molecule has 17 heavy (non-hydrogen) atoms. The average molecular weight is 256 g/mol. The minimum absolute atomic E-state index is 0.184. The van der Waals surface area contributed by atoms with Gasteiger partial charge >= 0.3 is 0 Å². The Bertz CT molecular complexity index is 254. The molecule has 98 valence electrons. The summed E-state index contributed by atoms with van der Waals surface area (Å²) in [7, 11) is 0. The molecular formula is C13H24N2OS. The van der Waals surface area contributed by atoms with E-state index in [4.69, 9.17) is 0 Å². The normalized spacial score (nSPS) is 29.7. The molecule has 0 aliphatic heterocycles. The number of hydrogen-bond acceptors (Lipinski definition) is 3. The van der Waals surface area contributed by atoms with Gasteiger partial charge in [0, 0.05) is 17.3 Å². The van der Waals surface area contributed by atoms with Crippen molar-refractivity contribution in [2.45, 2.75) is 62.3 Å². The molecule has 2 rings (SSSR count). The third-order valence-corrected chi connectivity index (χ3v) is 5.17. The van der Waals surface area contributed by atoms with Gasteiger partial charge in [-0.15, -0.1) is 0 Å². The molecule has 0 bridgehead atoms. The van der Waals surface area contributed by atoms with Crippen LogP contribution in [0.1, 0.15) is 44.9 Å². The molecule has 0 saturated heterocycles. The van der Waals surface area contributed by atoms with Crippen molar-refractivity contribution in [1.82, 2.24) is 10.6 Å². The third-order valence-electron chi connectivity index (χ3n) is 4.00. The largest absolute Gasteiger partial charge is 0.352 e. The van der Waals surface area contributed by atoms with Gasteiger partial charge in [-0.25, -0.2) is 0 Å². The molecule has 0 spiro atoms. The Kier molecular flexibility index (Phi) is 5.16. The first-order chi connectivity index (χ1) is 8.29. The van der Waals surface area contributed by atoms with Crippen LogP contribution in [0.15, 0.2) is 0 Å². The number of hydrogen-bond donors (Lipinski definition) is 2. The van der Waals surface area contributed by atoms with Crippen molar-refractivity contribution in [1.29, 1.82) is 0 Å². The molecule has 2 unspecified atom stereocenters. The summed E-state index contributed by atoms with van der Waals surface area (Å²) in [5, 5.41) is 7.25. The summed E-state index contributed by atoms with van der Waals surface area (Å²) in [6, 6.07) is 0.989. The molecule has 2 atom stereocenters. The van der Waals surface area contributed by atoms with E-state index < -0.39 is 0 Å². The molecular weight excluding hydrogens is 232 g/mol. The minimum atomic E-state index is 0.184. The molecule has 4 heteroatoms. The number of amides is 1. The summed E-state index contributed by atoms with van der Waals surface area (Å²) in [5.74, 6) is 0.184. The molecule has 2 aliphatic rings. The van der Waals surface area contributed by atoms with Gasteiger partial charge in [0.25, 0.3) is 0 Å². The smallest absolute Gasteiger partial charge is 0.234 e. The fourth-order valence-electron chi connectivity index (χ4n) is 3.01. The highest BCUT2D eigenvalue weighted by Crippen LogP contribution is 2.28. The van der Waals surface area contributed by atoms with E-state index in [1.807, 2.05) is 11.8 Å². The molecule has 2 fully saturated rings. The zero-order chi connectivity index (χ0) is 12.1.